The molecule has 0 saturated carbocycles. The van der Waals surface area contributed by atoms with Gasteiger partial charge in [-0.1, -0.05) is 19.1 Å². The molecule has 0 aliphatic heterocycles. The Balaban J connectivity index is 1.97. The highest BCUT2D eigenvalue weighted by molar-refractivity contribution is 5.18. The standard InChI is InChI=1S/C17H22FNO/c1-2-7-19-12-16(10-15-6-8-20-13-15)9-14-4-3-5-17(18)11-14/h3-6,8,11,13,16,19H,2,7,9-10,12H2,1H3. The number of nitrogens with one attached hydrogen (secondary N) is 1. The van der Waals surface area contributed by atoms with Gasteiger partial charge in [0.05, 0.1) is 12.5 Å². The highest BCUT2D eigenvalue weighted by Gasteiger charge is 2.12. The Morgan fingerprint density at radius 3 is 2.75 bits per heavy atom. The lowest BCUT2D eigenvalue weighted by atomic mass is 9.93. The first-order chi connectivity index (χ1) is 9.78. The van der Waals surface area contributed by atoms with E-state index in [4.69, 9.17) is 4.42 Å². The van der Waals surface area contributed by atoms with Gasteiger partial charge in [0.1, 0.15) is 5.82 Å². The molecule has 0 spiro atoms. The first-order valence-electron chi connectivity index (χ1n) is 7.24. The summed E-state index contributed by atoms with van der Waals surface area (Å²) in [6.07, 6.45) is 6.44. The average molecular weight is 275 g/mol. The van der Waals surface area contributed by atoms with E-state index in [-0.39, 0.29) is 5.82 Å². The third kappa shape index (κ3) is 4.82. The van der Waals surface area contributed by atoms with Crippen LogP contribution in [0.25, 0.3) is 0 Å². The third-order valence-corrected chi connectivity index (χ3v) is 3.38. The van der Waals surface area contributed by atoms with E-state index in [1.165, 1.54) is 11.6 Å². The lowest BCUT2D eigenvalue weighted by Crippen LogP contribution is -2.26. The summed E-state index contributed by atoms with van der Waals surface area (Å²) in [5.74, 6) is 0.284. The SMILES string of the molecule is CCCNCC(Cc1ccoc1)Cc1cccc(F)c1. The summed E-state index contributed by atoms with van der Waals surface area (Å²) in [5, 5.41) is 3.46. The van der Waals surface area contributed by atoms with Crippen molar-refractivity contribution in [2.24, 2.45) is 5.92 Å². The molecule has 0 saturated heterocycles. The molecule has 0 amide bonds. The Morgan fingerprint density at radius 2 is 2.05 bits per heavy atom. The molecule has 0 aliphatic carbocycles. The maximum atomic E-state index is 13.3. The molecule has 3 heteroatoms. The monoisotopic (exact) mass is 275 g/mol. The lowest BCUT2D eigenvalue weighted by Gasteiger charge is -2.17. The summed E-state index contributed by atoms with van der Waals surface area (Å²) < 4.78 is 18.4. The number of rotatable bonds is 8. The van der Waals surface area contributed by atoms with E-state index in [2.05, 4.69) is 12.2 Å². The molecule has 0 aliphatic rings. The minimum Gasteiger partial charge on any atom is -0.472 e. The van der Waals surface area contributed by atoms with Crippen LogP contribution >= 0.6 is 0 Å². The molecule has 2 aromatic rings. The molecule has 0 bridgehead atoms. The first kappa shape index (κ1) is 14.8. The van der Waals surface area contributed by atoms with Crippen molar-refractivity contribution < 1.29 is 8.81 Å². The van der Waals surface area contributed by atoms with Crippen LogP contribution in [0.1, 0.15) is 24.5 Å². The van der Waals surface area contributed by atoms with Gasteiger partial charge in [0.2, 0.25) is 0 Å². The van der Waals surface area contributed by atoms with Crippen LogP contribution in [0.5, 0.6) is 0 Å². The molecular weight excluding hydrogens is 253 g/mol. The summed E-state index contributed by atoms with van der Waals surface area (Å²) in [6.45, 7) is 4.12. The highest BCUT2D eigenvalue weighted by Crippen LogP contribution is 2.15. The molecule has 20 heavy (non-hydrogen) atoms. The van der Waals surface area contributed by atoms with Crippen molar-refractivity contribution in [2.75, 3.05) is 13.1 Å². The fourth-order valence-corrected chi connectivity index (χ4v) is 2.44. The van der Waals surface area contributed by atoms with Crippen molar-refractivity contribution >= 4 is 0 Å². The molecule has 1 unspecified atom stereocenters. The Kier molecular flexibility index (Phi) is 5.81. The summed E-state index contributed by atoms with van der Waals surface area (Å²) in [7, 11) is 0. The van der Waals surface area contributed by atoms with E-state index in [1.807, 2.05) is 12.1 Å². The van der Waals surface area contributed by atoms with E-state index < -0.39 is 0 Å². The van der Waals surface area contributed by atoms with E-state index in [1.54, 1.807) is 24.7 Å². The molecule has 0 fully saturated rings. The van der Waals surface area contributed by atoms with Gasteiger partial charge in [-0.3, -0.25) is 0 Å². The number of hydrogen-bond donors (Lipinski definition) is 1. The smallest absolute Gasteiger partial charge is 0.123 e. The van der Waals surface area contributed by atoms with Crippen LogP contribution in [0.3, 0.4) is 0 Å². The Bertz CT molecular complexity index is 495. The van der Waals surface area contributed by atoms with Crippen LogP contribution in [0.15, 0.2) is 47.3 Å². The molecule has 2 rings (SSSR count). The van der Waals surface area contributed by atoms with E-state index in [0.717, 1.165) is 37.9 Å². The van der Waals surface area contributed by atoms with Crippen LogP contribution < -0.4 is 5.32 Å². The largest absolute Gasteiger partial charge is 0.472 e. The molecule has 1 N–H and O–H groups in total. The zero-order valence-corrected chi connectivity index (χ0v) is 11.9. The predicted molar refractivity (Wildman–Crippen MR) is 79.2 cm³/mol. The van der Waals surface area contributed by atoms with Gasteiger partial charge in [-0.25, -0.2) is 4.39 Å². The van der Waals surface area contributed by atoms with Gasteiger partial charge >= 0.3 is 0 Å². The maximum absolute atomic E-state index is 13.3. The van der Waals surface area contributed by atoms with Crippen molar-refractivity contribution in [1.82, 2.24) is 5.32 Å². The Labute approximate surface area is 120 Å². The fraction of sp³-hybridized carbons (Fsp3) is 0.412. The topological polar surface area (TPSA) is 25.2 Å². The molecule has 108 valence electrons. The molecule has 1 atom stereocenters. The van der Waals surface area contributed by atoms with Gasteiger partial charge in [0.15, 0.2) is 0 Å². The van der Waals surface area contributed by atoms with Gasteiger partial charge in [-0.05, 0) is 67.6 Å². The van der Waals surface area contributed by atoms with E-state index in [0.29, 0.717) is 5.92 Å². The number of hydrogen-bond acceptors (Lipinski definition) is 2. The molecule has 1 aromatic carbocycles. The summed E-state index contributed by atoms with van der Waals surface area (Å²) in [5.41, 5.74) is 2.25. The molecule has 1 heterocycles. The number of furan rings is 1. The zero-order chi connectivity index (χ0) is 14.2. The Hall–Kier alpha value is -1.61. The van der Waals surface area contributed by atoms with Gasteiger partial charge in [-0.15, -0.1) is 0 Å². The van der Waals surface area contributed by atoms with Gasteiger partial charge in [0.25, 0.3) is 0 Å². The van der Waals surface area contributed by atoms with Gasteiger partial charge in [0, 0.05) is 0 Å². The third-order valence-electron chi connectivity index (χ3n) is 3.38. The van der Waals surface area contributed by atoms with Crippen LogP contribution in [0, 0.1) is 11.7 Å². The fourth-order valence-electron chi connectivity index (χ4n) is 2.44. The molecule has 1 aromatic heterocycles. The van der Waals surface area contributed by atoms with Crippen LogP contribution in [0.4, 0.5) is 4.39 Å². The minimum atomic E-state index is -0.161. The normalized spacial score (nSPS) is 12.5. The zero-order valence-electron chi connectivity index (χ0n) is 11.9. The molecule has 0 radical (unpaired) electrons. The average Bonchev–Trinajstić information content (AvgIpc) is 2.92. The predicted octanol–water partition coefficient (Wildman–Crippen LogP) is 3.82. The second-order valence-corrected chi connectivity index (χ2v) is 5.24. The van der Waals surface area contributed by atoms with Crippen LogP contribution in [0.2, 0.25) is 0 Å². The molecule has 2 nitrogen and oxygen atoms in total. The van der Waals surface area contributed by atoms with Crippen molar-refractivity contribution in [2.45, 2.75) is 26.2 Å². The quantitative estimate of drug-likeness (QED) is 0.741. The summed E-state index contributed by atoms with van der Waals surface area (Å²) in [4.78, 5) is 0. The minimum absolute atomic E-state index is 0.161. The second-order valence-electron chi connectivity index (χ2n) is 5.24. The first-order valence-corrected chi connectivity index (χ1v) is 7.24. The number of halogens is 1. The maximum Gasteiger partial charge on any atom is 0.123 e. The van der Waals surface area contributed by atoms with Crippen LogP contribution in [-0.4, -0.2) is 13.1 Å². The lowest BCUT2D eigenvalue weighted by molar-refractivity contribution is 0.466. The van der Waals surface area contributed by atoms with Gasteiger partial charge in [-0.2, -0.15) is 0 Å². The van der Waals surface area contributed by atoms with Crippen molar-refractivity contribution in [3.8, 4) is 0 Å². The van der Waals surface area contributed by atoms with Crippen molar-refractivity contribution in [3.63, 3.8) is 0 Å². The number of benzene rings is 1. The Morgan fingerprint density at radius 1 is 1.20 bits per heavy atom. The van der Waals surface area contributed by atoms with Crippen LogP contribution in [-0.2, 0) is 12.8 Å². The van der Waals surface area contributed by atoms with E-state index >= 15 is 0 Å². The van der Waals surface area contributed by atoms with Crippen molar-refractivity contribution in [1.29, 1.82) is 0 Å². The highest BCUT2D eigenvalue weighted by atomic mass is 19.1. The second kappa shape index (κ2) is 7.85. The molecular formula is C17H22FNO. The summed E-state index contributed by atoms with van der Waals surface area (Å²) >= 11 is 0. The van der Waals surface area contributed by atoms with Crippen molar-refractivity contribution in [3.05, 3.63) is 59.8 Å². The van der Waals surface area contributed by atoms with Gasteiger partial charge < -0.3 is 9.73 Å². The van der Waals surface area contributed by atoms with E-state index in [9.17, 15) is 4.39 Å². The summed E-state index contributed by atoms with van der Waals surface area (Å²) in [6, 6.07) is 8.88.